The highest BCUT2D eigenvalue weighted by molar-refractivity contribution is 9.10. The number of benzene rings is 1. The highest BCUT2D eigenvalue weighted by Gasteiger charge is 2.10. The SMILES string of the molecule is CC(C)n1cc(CCCO)c2cc(Br)ccc21. The van der Waals surface area contributed by atoms with Crippen LogP contribution < -0.4 is 0 Å². The lowest BCUT2D eigenvalue weighted by molar-refractivity contribution is 0.288. The maximum Gasteiger partial charge on any atom is 0.0486 e. The van der Waals surface area contributed by atoms with Gasteiger partial charge in [-0.3, -0.25) is 0 Å². The van der Waals surface area contributed by atoms with Crippen LogP contribution in [0.25, 0.3) is 10.9 Å². The fourth-order valence-corrected chi connectivity index (χ4v) is 2.55. The summed E-state index contributed by atoms with van der Waals surface area (Å²) in [6.07, 6.45) is 3.98. The lowest BCUT2D eigenvalue weighted by Crippen LogP contribution is -1.97. The van der Waals surface area contributed by atoms with E-state index in [0.717, 1.165) is 17.3 Å². The number of rotatable bonds is 4. The van der Waals surface area contributed by atoms with Crippen LogP contribution in [0.3, 0.4) is 0 Å². The first-order valence-corrected chi connectivity index (χ1v) is 6.82. The van der Waals surface area contributed by atoms with E-state index in [4.69, 9.17) is 5.11 Å². The minimum atomic E-state index is 0.252. The number of nitrogens with zero attached hydrogens (tertiary/aromatic N) is 1. The van der Waals surface area contributed by atoms with E-state index in [-0.39, 0.29) is 6.61 Å². The van der Waals surface area contributed by atoms with Gasteiger partial charge in [-0.25, -0.2) is 0 Å². The average molecular weight is 296 g/mol. The third-order valence-corrected chi connectivity index (χ3v) is 3.53. The summed E-state index contributed by atoms with van der Waals surface area (Å²) in [6, 6.07) is 6.86. The number of aliphatic hydroxyl groups is 1. The molecule has 0 spiro atoms. The molecule has 2 nitrogen and oxygen atoms in total. The maximum absolute atomic E-state index is 8.95. The molecule has 0 atom stereocenters. The van der Waals surface area contributed by atoms with E-state index in [1.54, 1.807) is 0 Å². The van der Waals surface area contributed by atoms with Gasteiger partial charge in [0.2, 0.25) is 0 Å². The molecule has 1 aromatic carbocycles. The standard InChI is InChI=1S/C14H18BrNO/c1-10(2)16-9-11(4-3-7-17)13-8-12(15)5-6-14(13)16/h5-6,8-10,17H,3-4,7H2,1-2H3. The summed E-state index contributed by atoms with van der Waals surface area (Å²) >= 11 is 3.52. The topological polar surface area (TPSA) is 25.2 Å². The molecule has 0 bridgehead atoms. The normalized spacial score (nSPS) is 11.6. The zero-order chi connectivity index (χ0) is 12.4. The van der Waals surface area contributed by atoms with Crippen molar-refractivity contribution in [2.75, 3.05) is 6.61 Å². The van der Waals surface area contributed by atoms with Gasteiger partial charge in [0.15, 0.2) is 0 Å². The third-order valence-electron chi connectivity index (χ3n) is 3.04. The van der Waals surface area contributed by atoms with E-state index in [0.29, 0.717) is 6.04 Å². The Morgan fingerprint density at radius 2 is 2.12 bits per heavy atom. The molecule has 0 radical (unpaired) electrons. The molecule has 0 amide bonds. The van der Waals surface area contributed by atoms with Crippen LogP contribution in [0, 0.1) is 0 Å². The summed E-state index contributed by atoms with van der Waals surface area (Å²) in [5.41, 5.74) is 2.60. The molecule has 2 aromatic rings. The lowest BCUT2D eigenvalue weighted by Gasteiger charge is -2.08. The summed E-state index contributed by atoms with van der Waals surface area (Å²) in [5, 5.41) is 10.2. The largest absolute Gasteiger partial charge is 0.396 e. The van der Waals surface area contributed by atoms with Gasteiger partial charge >= 0.3 is 0 Å². The first-order valence-electron chi connectivity index (χ1n) is 6.03. The zero-order valence-corrected chi connectivity index (χ0v) is 11.9. The van der Waals surface area contributed by atoms with Gasteiger partial charge in [0.1, 0.15) is 0 Å². The highest BCUT2D eigenvalue weighted by atomic mass is 79.9. The molecule has 3 heteroatoms. The molecule has 0 unspecified atom stereocenters. The first-order chi connectivity index (χ1) is 8.13. The molecule has 17 heavy (non-hydrogen) atoms. The second-order valence-electron chi connectivity index (χ2n) is 4.64. The lowest BCUT2D eigenvalue weighted by atomic mass is 10.1. The van der Waals surface area contributed by atoms with Crippen molar-refractivity contribution >= 4 is 26.8 Å². The monoisotopic (exact) mass is 295 g/mol. The van der Waals surface area contributed by atoms with Crippen LogP contribution in [-0.2, 0) is 6.42 Å². The number of aliphatic hydroxyl groups excluding tert-OH is 1. The second kappa shape index (κ2) is 5.23. The van der Waals surface area contributed by atoms with Gasteiger partial charge < -0.3 is 9.67 Å². The van der Waals surface area contributed by atoms with Gasteiger partial charge in [-0.2, -0.15) is 0 Å². The molecule has 0 fully saturated rings. The molecule has 1 aromatic heterocycles. The van der Waals surface area contributed by atoms with Crippen LogP contribution in [0.1, 0.15) is 31.9 Å². The third kappa shape index (κ3) is 2.55. The molecule has 0 aliphatic rings. The van der Waals surface area contributed by atoms with Crippen LogP contribution in [0.4, 0.5) is 0 Å². The molecule has 0 aliphatic heterocycles. The summed E-state index contributed by atoms with van der Waals surface area (Å²) < 4.78 is 3.41. The molecule has 1 heterocycles. The Bertz CT molecular complexity index is 516. The summed E-state index contributed by atoms with van der Waals surface area (Å²) in [5.74, 6) is 0. The molecular weight excluding hydrogens is 278 g/mol. The van der Waals surface area contributed by atoms with Crippen molar-refractivity contribution < 1.29 is 5.11 Å². The van der Waals surface area contributed by atoms with Crippen molar-refractivity contribution in [3.63, 3.8) is 0 Å². The Morgan fingerprint density at radius 3 is 2.76 bits per heavy atom. The second-order valence-corrected chi connectivity index (χ2v) is 5.56. The van der Waals surface area contributed by atoms with E-state index in [2.05, 4.69) is 58.7 Å². The molecular formula is C14H18BrNO. The number of fused-ring (bicyclic) bond motifs is 1. The van der Waals surface area contributed by atoms with Crippen molar-refractivity contribution in [3.05, 3.63) is 34.4 Å². The molecule has 0 saturated carbocycles. The van der Waals surface area contributed by atoms with E-state index in [1.165, 1.54) is 16.5 Å². The van der Waals surface area contributed by atoms with Crippen molar-refractivity contribution in [3.8, 4) is 0 Å². The van der Waals surface area contributed by atoms with E-state index >= 15 is 0 Å². The predicted molar refractivity (Wildman–Crippen MR) is 75.4 cm³/mol. The van der Waals surface area contributed by atoms with Crippen LogP contribution in [0.5, 0.6) is 0 Å². The summed E-state index contributed by atoms with van der Waals surface area (Å²) in [4.78, 5) is 0. The first kappa shape index (κ1) is 12.7. The van der Waals surface area contributed by atoms with E-state index in [9.17, 15) is 0 Å². The average Bonchev–Trinajstić information content (AvgIpc) is 2.64. The van der Waals surface area contributed by atoms with Crippen molar-refractivity contribution in [1.29, 1.82) is 0 Å². The number of hydrogen-bond acceptors (Lipinski definition) is 1. The van der Waals surface area contributed by atoms with Crippen molar-refractivity contribution in [2.24, 2.45) is 0 Å². The number of hydrogen-bond donors (Lipinski definition) is 1. The smallest absolute Gasteiger partial charge is 0.0486 e. The number of halogens is 1. The summed E-state index contributed by atoms with van der Waals surface area (Å²) in [7, 11) is 0. The Hall–Kier alpha value is -0.800. The highest BCUT2D eigenvalue weighted by Crippen LogP contribution is 2.28. The van der Waals surface area contributed by atoms with Crippen LogP contribution in [-0.4, -0.2) is 16.3 Å². The Morgan fingerprint density at radius 1 is 1.35 bits per heavy atom. The van der Waals surface area contributed by atoms with Crippen LogP contribution in [0.2, 0.25) is 0 Å². The molecule has 2 rings (SSSR count). The zero-order valence-electron chi connectivity index (χ0n) is 10.3. The van der Waals surface area contributed by atoms with Gasteiger partial charge in [0, 0.05) is 34.2 Å². The molecule has 92 valence electrons. The number of aryl methyl sites for hydroxylation is 1. The molecule has 0 saturated heterocycles. The predicted octanol–water partition coefficient (Wildman–Crippen LogP) is 3.91. The van der Waals surface area contributed by atoms with Gasteiger partial charge in [-0.1, -0.05) is 15.9 Å². The minimum absolute atomic E-state index is 0.252. The van der Waals surface area contributed by atoms with Gasteiger partial charge in [-0.05, 0) is 50.5 Å². The summed E-state index contributed by atoms with van der Waals surface area (Å²) in [6.45, 7) is 4.64. The van der Waals surface area contributed by atoms with Gasteiger partial charge in [-0.15, -0.1) is 0 Å². The quantitative estimate of drug-likeness (QED) is 0.909. The van der Waals surface area contributed by atoms with Crippen LogP contribution >= 0.6 is 15.9 Å². The Balaban J connectivity index is 2.54. The molecule has 0 aliphatic carbocycles. The fourth-order valence-electron chi connectivity index (χ4n) is 2.19. The van der Waals surface area contributed by atoms with E-state index < -0.39 is 0 Å². The van der Waals surface area contributed by atoms with Gasteiger partial charge in [0.05, 0.1) is 0 Å². The Kier molecular flexibility index (Phi) is 3.89. The van der Waals surface area contributed by atoms with Gasteiger partial charge in [0.25, 0.3) is 0 Å². The minimum Gasteiger partial charge on any atom is -0.396 e. The van der Waals surface area contributed by atoms with E-state index in [1.807, 2.05) is 0 Å². The number of aromatic nitrogens is 1. The van der Waals surface area contributed by atoms with Crippen LogP contribution in [0.15, 0.2) is 28.9 Å². The fraction of sp³-hybridized carbons (Fsp3) is 0.429. The van der Waals surface area contributed by atoms with Crippen molar-refractivity contribution in [2.45, 2.75) is 32.7 Å². The molecule has 1 N–H and O–H groups in total. The van der Waals surface area contributed by atoms with Crippen molar-refractivity contribution in [1.82, 2.24) is 4.57 Å². The maximum atomic E-state index is 8.95. The Labute approximate surface area is 110 Å².